The molecular weight excluding hydrogens is 407 g/mol. The van der Waals surface area contributed by atoms with Gasteiger partial charge in [-0.3, -0.25) is 9.69 Å². The maximum absolute atomic E-state index is 13.9. The van der Waals surface area contributed by atoms with Gasteiger partial charge in [-0.25, -0.2) is 4.39 Å². The Morgan fingerprint density at radius 1 is 1.32 bits per heavy atom. The first-order valence-electron chi connectivity index (χ1n) is 8.24. The van der Waals surface area contributed by atoms with Crippen LogP contribution in [0.2, 0.25) is 5.02 Å². The van der Waals surface area contributed by atoms with Crippen molar-refractivity contribution >= 4 is 39.1 Å². The number of halogens is 3. The third-order valence-electron chi connectivity index (χ3n) is 4.42. The minimum Gasteiger partial charge on any atom is -0.323 e. The Bertz CT molecular complexity index is 771. The number of hydrogen-bond acceptors (Lipinski definition) is 2. The molecule has 1 N–H and O–H groups in total. The number of nitrogens with one attached hydrogen (secondary N) is 1. The summed E-state index contributed by atoms with van der Waals surface area (Å²) in [5.41, 5.74) is 1.28. The van der Waals surface area contributed by atoms with Crippen LogP contribution >= 0.6 is 27.5 Å². The second kappa shape index (κ2) is 8.30. The molecule has 1 heterocycles. The van der Waals surface area contributed by atoms with E-state index in [9.17, 15) is 9.18 Å². The minimum absolute atomic E-state index is 0.134. The normalized spacial score (nSPS) is 18.1. The molecule has 0 aliphatic carbocycles. The number of benzene rings is 2. The molecular formula is C19H19BrClFN2O. The van der Waals surface area contributed by atoms with E-state index in [-0.39, 0.29) is 17.5 Å². The van der Waals surface area contributed by atoms with Gasteiger partial charge >= 0.3 is 0 Å². The summed E-state index contributed by atoms with van der Waals surface area (Å²) >= 11 is 9.44. The van der Waals surface area contributed by atoms with Crippen LogP contribution in [0.4, 0.5) is 10.1 Å². The Hall–Kier alpha value is -1.43. The van der Waals surface area contributed by atoms with Gasteiger partial charge in [0.1, 0.15) is 5.82 Å². The van der Waals surface area contributed by atoms with Gasteiger partial charge in [-0.05, 0) is 49.2 Å². The number of rotatable bonds is 4. The summed E-state index contributed by atoms with van der Waals surface area (Å²) in [6.45, 7) is 2.30. The van der Waals surface area contributed by atoms with Crippen LogP contribution in [0.1, 0.15) is 18.4 Å². The zero-order valence-electron chi connectivity index (χ0n) is 13.6. The summed E-state index contributed by atoms with van der Waals surface area (Å²) in [4.78, 5) is 14.8. The molecule has 1 saturated heterocycles. The SMILES string of the molecule is O=C(Nc1ccc(Br)cc1F)[C@H]1CCCN(Cc2ccccc2Cl)C1. The van der Waals surface area contributed by atoms with Crippen molar-refractivity contribution in [1.82, 2.24) is 4.90 Å². The standard InChI is InChI=1S/C19H19BrClFN2O/c20-15-7-8-18(17(22)10-15)23-19(25)14-5-3-9-24(12-14)11-13-4-1-2-6-16(13)21/h1-2,4,6-8,10,14H,3,5,9,11-12H2,(H,23,25)/t14-/m0/s1. The van der Waals surface area contributed by atoms with E-state index in [1.165, 1.54) is 6.07 Å². The van der Waals surface area contributed by atoms with E-state index in [2.05, 4.69) is 26.1 Å². The molecule has 6 heteroatoms. The van der Waals surface area contributed by atoms with Crippen molar-refractivity contribution in [3.8, 4) is 0 Å². The van der Waals surface area contributed by atoms with Crippen LogP contribution in [0.15, 0.2) is 46.9 Å². The Labute approximate surface area is 160 Å². The Balaban J connectivity index is 1.62. The van der Waals surface area contributed by atoms with E-state index >= 15 is 0 Å². The van der Waals surface area contributed by atoms with Crippen molar-refractivity contribution in [1.29, 1.82) is 0 Å². The number of likely N-dealkylation sites (tertiary alicyclic amines) is 1. The van der Waals surface area contributed by atoms with Crippen LogP contribution in [0.25, 0.3) is 0 Å². The van der Waals surface area contributed by atoms with Crippen LogP contribution in [-0.4, -0.2) is 23.9 Å². The fourth-order valence-electron chi connectivity index (χ4n) is 3.11. The van der Waals surface area contributed by atoms with Gasteiger partial charge in [0.25, 0.3) is 0 Å². The van der Waals surface area contributed by atoms with Crippen LogP contribution in [0.5, 0.6) is 0 Å². The van der Waals surface area contributed by atoms with Gasteiger partial charge < -0.3 is 5.32 Å². The number of piperidine rings is 1. The van der Waals surface area contributed by atoms with Gasteiger partial charge in [-0.2, -0.15) is 0 Å². The molecule has 1 aliphatic rings. The number of carbonyl (C=O) groups excluding carboxylic acids is 1. The van der Waals surface area contributed by atoms with Gasteiger partial charge in [0.05, 0.1) is 11.6 Å². The number of carbonyl (C=O) groups is 1. The van der Waals surface area contributed by atoms with Crippen molar-refractivity contribution in [3.63, 3.8) is 0 Å². The molecule has 0 radical (unpaired) electrons. The molecule has 1 atom stereocenters. The van der Waals surface area contributed by atoms with Crippen molar-refractivity contribution in [2.75, 3.05) is 18.4 Å². The largest absolute Gasteiger partial charge is 0.323 e. The predicted molar refractivity (Wildman–Crippen MR) is 102 cm³/mol. The maximum Gasteiger partial charge on any atom is 0.228 e. The molecule has 2 aromatic carbocycles. The molecule has 1 amide bonds. The quantitative estimate of drug-likeness (QED) is 0.740. The average Bonchev–Trinajstić information content (AvgIpc) is 2.60. The van der Waals surface area contributed by atoms with Gasteiger partial charge in [-0.1, -0.05) is 45.7 Å². The zero-order chi connectivity index (χ0) is 17.8. The monoisotopic (exact) mass is 424 g/mol. The van der Waals surface area contributed by atoms with E-state index in [4.69, 9.17) is 11.6 Å². The van der Waals surface area contributed by atoms with Gasteiger partial charge in [0.2, 0.25) is 5.91 Å². The molecule has 2 aromatic rings. The van der Waals surface area contributed by atoms with Crippen LogP contribution in [0, 0.1) is 11.7 Å². The second-order valence-corrected chi connectivity index (χ2v) is 7.60. The van der Waals surface area contributed by atoms with Crippen molar-refractivity contribution in [2.45, 2.75) is 19.4 Å². The highest BCUT2D eigenvalue weighted by atomic mass is 79.9. The third kappa shape index (κ3) is 4.81. The van der Waals surface area contributed by atoms with Crippen molar-refractivity contribution in [2.24, 2.45) is 5.92 Å². The second-order valence-electron chi connectivity index (χ2n) is 6.28. The lowest BCUT2D eigenvalue weighted by atomic mass is 9.96. The molecule has 0 aromatic heterocycles. The van der Waals surface area contributed by atoms with Crippen molar-refractivity contribution in [3.05, 3.63) is 63.3 Å². The summed E-state index contributed by atoms with van der Waals surface area (Å²) in [5, 5.41) is 3.46. The lowest BCUT2D eigenvalue weighted by Gasteiger charge is -2.32. The summed E-state index contributed by atoms with van der Waals surface area (Å²) in [5.74, 6) is -0.726. The van der Waals surface area contributed by atoms with Crippen LogP contribution in [0.3, 0.4) is 0 Å². The summed E-state index contributed by atoms with van der Waals surface area (Å²) < 4.78 is 14.6. The maximum atomic E-state index is 13.9. The predicted octanol–water partition coefficient (Wildman–Crippen LogP) is 5.09. The molecule has 3 nitrogen and oxygen atoms in total. The van der Waals surface area contributed by atoms with Crippen LogP contribution in [-0.2, 0) is 11.3 Å². The summed E-state index contributed by atoms with van der Waals surface area (Å²) in [6, 6.07) is 12.4. The molecule has 0 saturated carbocycles. The lowest BCUT2D eigenvalue weighted by Crippen LogP contribution is -2.40. The van der Waals surface area contributed by atoms with E-state index in [1.807, 2.05) is 24.3 Å². The molecule has 1 aliphatic heterocycles. The highest BCUT2D eigenvalue weighted by Gasteiger charge is 2.26. The van der Waals surface area contributed by atoms with Crippen LogP contribution < -0.4 is 5.32 Å². The zero-order valence-corrected chi connectivity index (χ0v) is 16.0. The Kier molecular flexibility index (Phi) is 6.10. The first kappa shape index (κ1) is 18.4. The van der Waals surface area contributed by atoms with Gasteiger partial charge in [0.15, 0.2) is 0 Å². The van der Waals surface area contributed by atoms with E-state index in [0.29, 0.717) is 11.0 Å². The molecule has 25 heavy (non-hydrogen) atoms. The van der Waals surface area contributed by atoms with Gasteiger partial charge in [-0.15, -0.1) is 0 Å². The fourth-order valence-corrected chi connectivity index (χ4v) is 3.63. The molecule has 0 unspecified atom stereocenters. The molecule has 132 valence electrons. The highest BCUT2D eigenvalue weighted by molar-refractivity contribution is 9.10. The molecule has 1 fully saturated rings. The number of hydrogen-bond donors (Lipinski definition) is 1. The third-order valence-corrected chi connectivity index (χ3v) is 5.28. The Morgan fingerprint density at radius 3 is 2.88 bits per heavy atom. The lowest BCUT2D eigenvalue weighted by molar-refractivity contribution is -0.121. The number of anilines is 1. The van der Waals surface area contributed by atoms with E-state index < -0.39 is 5.82 Å². The van der Waals surface area contributed by atoms with E-state index in [0.717, 1.165) is 36.5 Å². The van der Waals surface area contributed by atoms with Gasteiger partial charge in [0, 0.05) is 22.6 Å². The number of amides is 1. The number of nitrogens with zero attached hydrogens (tertiary/aromatic N) is 1. The summed E-state index contributed by atoms with van der Waals surface area (Å²) in [7, 11) is 0. The minimum atomic E-state index is -0.438. The average molecular weight is 426 g/mol. The highest BCUT2D eigenvalue weighted by Crippen LogP contribution is 2.24. The molecule has 0 spiro atoms. The van der Waals surface area contributed by atoms with E-state index in [1.54, 1.807) is 12.1 Å². The fraction of sp³-hybridized carbons (Fsp3) is 0.316. The molecule has 0 bridgehead atoms. The molecule has 3 rings (SSSR count). The summed E-state index contributed by atoms with van der Waals surface area (Å²) in [6.07, 6.45) is 1.74. The first-order chi connectivity index (χ1) is 12.0. The first-order valence-corrected chi connectivity index (χ1v) is 9.41. The van der Waals surface area contributed by atoms with Crippen molar-refractivity contribution < 1.29 is 9.18 Å². The topological polar surface area (TPSA) is 32.3 Å². The smallest absolute Gasteiger partial charge is 0.228 e. The Morgan fingerprint density at radius 2 is 2.12 bits per heavy atom.